The zero-order chi connectivity index (χ0) is 14.3. The van der Waals surface area contributed by atoms with Crippen LogP contribution in [-0.2, 0) is 0 Å². The Kier molecular flexibility index (Phi) is 2.68. The lowest BCUT2D eigenvalue weighted by Crippen LogP contribution is -2.11. The summed E-state index contributed by atoms with van der Waals surface area (Å²) in [7, 11) is 0. The minimum atomic E-state index is -0.719. The monoisotopic (exact) mass is 270 g/mol. The van der Waals surface area contributed by atoms with Crippen molar-refractivity contribution in [2.24, 2.45) is 5.73 Å². The molecular weight excluding hydrogens is 259 g/mol. The molecule has 0 unspecified atom stereocenters. The second-order valence-electron chi connectivity index (χ2n) is 4.40. The Hall–Kier alpha value is -2.82. The van der Waals surface area contributed by atoms with Crippen molar-refractivity contribution in [2.75, 3.05) is 5.73 Å². The van der Waals surface area contributed by atoms with E-state index in [1.54, 1.807) is 24.3 Å². The van der Waals surface area contributed by atoms with Crippen LogP contribution in [0.5, 0.6) is 0 Å². The number of carbonyl (C=O) groups excluding carboxylic acids is 1. The Balaban J connectivity index is 2.29. The van der Waals surface area contributed by atoms with Crippen molar-refractivity contribution in [1.29, 1.82) is 0 Å². The van der Waals surface area contributed by atoms with Crippen LogP contribution in [0.25, 0.3) is 22.1 Å². The maximum Gasteiger partial charge on any atom is 0.286 e. The van der Waals surface area contributed by atoms with Crippen molar-refractivity contribution in [3.8, 4) is 11.1 Å². The summed E-state index contributed by atoms with van der Waals surface area (Å²) in [6, 6.07) is 11.3. The smallest absolute Gasteiger partial charge is 0.286 e. The largest absolute Gasteiger partial charge is 0.448 e. The van der Waals surface area contributed by atoms with Gasteiger partial charge in [0, 0.05) is 10.9 Å². The molecule has 100 valence electrons. The molecule has 0 saturated carbocycles. The molecule has 0 saturated heterocycles. The van der Waals surface area contributed by atoms with E-state index in [0.29, 0.717) is 11.0 Å². The topological polar surface area (TPSA) is 82.2 Å². The molecule has 3 rings (SSSR count). The maximum atomic E-state index is 13.0. The van der Waals surface area contributed by atoms with Crippen LogP contribution in [-0.4, -0.2) is 5.91 Å². The van der Waals surface area contributed by atoms with Gasteiger partial charge in [-0.05, 0) is 23.8 Å². The standard InChI is InChI=1S/C15H11FN2O2/c16-9-6-4-8(5-7-9)10-2-1-3-11-12(17)14(15(18)19)20-13(10)11/h1-7H,17H2,(H2,18,19). The number of primary amides is 1. The lowest BCUT2D eigenvalue weighted by atomic mass is 10.0. The van der Waals surface area contributed by atoms with Crippen molar-refractivity contribution < 1.29 is 13.6 Å². The number of carbonyl (C=O) groups is 1. The highest BCUT2D eigenvalue weighted by molar-refractivity contribution is 6.08. The molecule has 0 fully saturated rings. The Labute approximate surface area is 113 Å². The number of benzene rings is 2. The number of hydrogen-bond acceptors (Lipinski definition) is 3. The molecule has 1 heterocycles. The summed E-state index contributed by atoms with van der Waals surface area (Å²) in [4.78, 5) is 11.3. The third kappa shape index (κ3) is 1.80. The first-order valence-corrected chi connectivity index (χ1v) is 5.94. The fraction of sp³-hybridized carbons (Fsp3) is 0. The van der Waals surface area contributed by atoms with E-state index in [9.17, 15) is 9.18 Å². The number of amides is 1. The molecule has 5 heteroatoms. The third-order valence-corrected chi connectivity index (χ3v) is 3.13. The van der Waals surface area contributed by atoms with Crippen molar-refractivity contribution in [1.82, 2.24) is 0 Å². The van der Waals surface area contributed by atoms with Crippen LogP contribution in [0.3, 0.4) is 0 Å². The van der Waals surface area contributed by atoms with Crippen LogP contribution in [0.15, 0.2) is 46.9 Å². The average Bonchev–Trinajstić information content (AvgIpc) is 2.78. The van der Waals surface area contributed by atoms with Gasteiger partial charge in [0.25, 0.3) is 5.91 Å². The first-order chi connectivity index (χ1) is 9.58. The number of furan rings is 1. The minimum Gasteiger partial charge on any atom is -0.448 e. The third-order valence-electron chi connectivity index (χ3n) is 3.13. The van der Waals surface area contributed by atoms with Gasteiger partial charge >= 0.3 is 0 Å². The van der Waals surface area contributed by atoms with Crippen LogP contribution in [0.1, 0.15) is 10.6 Å². The molecular formula is C15H11FN2O2. The van der Waals surface area contributed by atoms with Gasteiger partial charge in [-0.1, -0.05) is 24.3 Å². The quantitative estimate of drug-likeness (QED) is 0.751. The van der Waals surface area contributed by atoms with Gasteiger partial charge in [0.2, 0.25) is 5.76 Å². The maximum absolute atomic E-state index is 13.0. The first kappa shape index (κ1) is 12.2. The van der Waals surface area contributed by atoms with Gasteiger partial charge < -0.3 is 15.9 Å². The number of nitrogen functional groups attached to an aromatic ring is 1. The van der Waals surface area contributed by atoms with Gasteiger partial charge in [0.1, 0.15) is 11.4 Å². The van der Waals surface area contributed by atoms with E-state index in [1.807, 2.05) is 6.07 Å². The fourth-order valence-electron chi connectivity index (χ4n) is 2.18. The number of fused-ring (bicyclic) bond motifs is 1. The molecule has 2 aromatic carbocycles. The summed E-state index contributed by atoms with van der Waals surface area (Å²) in [5, 5.41) is 0.612. The number of rotatable bonds is 2. The Morgan fingerprint density at radius 3 is 2.45 bits per heavy atom. The van der Waals surface area contributed by atoms with Crippen LogP contribution in [0.2, 0.25) is 0 Å². The molecule has 0 atom stereocenters. The SMILES string of the molecule is NC(=O)c1oc2c(-c3ccc(F)cc3)cccc2c1N. The normalized spacial score (nSPS) is 10.8. The summed E-state index contributed by atoms with van der Waals surface area (Å²) in [5.74, 6) is -1.10. The van der Waals surface area contributed by atoms with Crippen molar-refractivity contribution >= 4 is 22.6 Å². The Morgan fingerprint density at radius 1 is 1.10 bits per heavy atom. The zero-order valence-electron chi connectivity index (χ0n) is 10.4. The van der Waals surface area contributed by atoms with E-state index < -0.39 is 5.91 Å². The molecule has 0 bridgehead atoms. The van der Waals surface area contributed by atoms with E-state index in [-0.39, 0.29) is 17.3 Å². The van der Waals surface area contributed by atoms with Gasteiger partial charge in [-0.25, -0.2) is 4.39 Å². The van der Waals surface area contributed by atoms with Gasteiger partial charge in [-0.15, -0.1) is 0 Å². The predicted octanol–water partition coefficient (Wildman–Crippen LogP) is 2.92. The Morgan fingerprint density at radius 2 is 1.80 bits per heavy atom. The summed E-state index contributed by atoms with van der Waals surface area (Å²) < 4.78 is 18.5. The van der Waals surface area contributed by atoms with Crippen molar-refractivity contribution in [3.63, 3.8) is 0 Å². The fourth-order valence-corrected chi connectivity index (χ4v) is 2.18. The van der Waals surface area contributed by atoms with E-state index >= 15 is 0 Å². The second-order valence-corrected chi connectivity index (χ2v) is 4.40. The van der Waals surface area contributed by atoms with Gasteiger partial charge in [0.15, 0.2) is 0 Å². The highest BCUT2D eigenvalue weighted by Gasteiger charge is 2.18. The molecule has 4 N–H and O–H groups in total. The van der Waals surface area contributed by atoms with Crippen LogP contribution in [0, 0.1) is 5.82 Å². The van der Waals surface area contributed by atoms with Gasteiger partial charge in [0.05, 0.1) is 5.69 Å². The van der Waals surface area contributed by atoms with Gasteiger partial charge in [-0.3, -0.25) is 4.79 Å². The molecule has 1 amide bonds. The molecule has 20 heavy (non-hydrogen) atoms. The predicted molar refractivity (Wildman–Crippen MR) is 74.5 cm³/mol. The summed E-state index contributed by atoms with van der Waals surface area (Å²) >= 11 is 0. The summed E-state index contributed by atoms with van der Waals surface area (Å²) in [6.45, 7) is 0. The molecule has 0 aliphatic rings. The molecule has 0 aliphatic carbocycles. The highest BCUT2D eigenvalue weighted by atomic mass is 19.1. The van der Waals surface area contributed by atoms with Crippen LogP contribution >= 0.6 is 0 Å². The minimum absolute atomic E-state index is 0.0606. The molecule has 4 nitrogen and oxygen atoms in total. The highest BCUT2D eigenvalue weighted by Crippen LogP contribution is 2.35. The summed E-state index contributed by atoms with van der Waals surface area (Å²) in [5.41, 5.74) is 13.3. The molecule has 0 aliphatic heterocycles. The average molecular weight is 270 g/mol. The molecule has 1 aromatic heterocycles. The van der Waals surface area contributed by atoms with E-state index in [0.717, 1.165) is 11.1 Å². The second kappa shape index (κ2) is 4.38. The number of hydrogen-bond donors (Lipinski definition) is 2. The van der Waals surface area contributed by atoms with Crippen LogP contribution in [0.4, 0.5) is 10.1 Å². The molecule has 3 aromatic rings. The number of anilines is 1. The zero-order valence-corrected chi connectivity index (χ0v) is 10.4. The van der Waals surface area contributed by atoms with E-state index in [4.69, 9.17) is 15.9 Å². The lowest BCUT2D eigenvalue weighted by Gasteiger charge is -2.02. The van der Waals surface area contributed by atoms with Crippen LogP contribution < -0.4 is 11.5 Å². The summed E-state index contributed by atoms with van der Waals surface area (Å²) in [6.07, 6.45) is 0. The number of para-hydroxylation sites is 1. The van der Waals surface area contributed by atoms with E-state index in [2.05, 4.69) is 0 Å². The Bertz CT molecular complexity index is 807. The molecule has 0 radical (unpaired) electrons. The molecule has 0 spiro atoms. The first-order valence-electron chi connectivity index (χ1n) is 5.94. The van der Waals surface area contributed by atoms with E-state index in [1.165, 1.54) is 12.1 Å². The van der Waals surface area contributed by atoms with Gasteiger partial charge in [-0.2, -0.15) is 0 Å². The van der Waals surface area contributed by atoms with Crippen molar-refractivity contribution in [2.45, 2.75) is 0 Å². The lowest BCUT2D eigenvalue weighted by molar-refractivity contribution is 0.0977. The van der Waals surface area contributed by atoms with Crippen molar-refractivity contribution in [3.05, 3.63) is 54.0 Å². The number of nitrogens with two attached hydrogens (primary N) is 2. The number of halogens is 1.